The van der Waals surface area contributed by atoms with Gasteiger partial charge in [0, 0.05) is 5.69 Å². The van der Waals surface area contributed by atoms with Gasteiger partial charge in [0.15, 0.2) is 0 Å². The van der Waals surface area contributed by atoms with Crippen molar-refractivity contribution in [1.29, 1.82) is 0 Å². The van der Waals surface area contributed by atoms with Crippen LogP contribution in [0.2, 0.25) is 0 Å². The number of carbonyl (C=O) groups excluding carboxylic acids is 2. The third-order valence-electron chi connectivity index (χ3n) is 2.72. The number of nitrogens with zero attached hydrogens (tertiary/aromatic N) is 2. The predicted molar refractivity (Wildman–Crippen MR) is 90.2 cm³/mol. The maximum atomic E-state index is 12.8. The first-order valence-corrected chi connectivity index (χ1v) is 8.58. The molecule has 1 aromatic heterocycles. The average Bonchev–Trinajstić information content (AvgIpc) is 2.92. The van der Waals surface area contributed by atoms with Crippen molar-refractivity contribution < 1.29 is 14.0 Å². The predicted octanol–water partition coefficient (Wildman–Crippen LogP) is 2.68. The molecule has 1 aromatic carbocycles. The van der Waals surface area contributed by atoms with E-state index in [0.717, 1.165) is 5.01 Å². The largest absolute Gasteiger partial charge is 0.325 e. The Balaban J connectivity index is 1.76. The summed E-state index contributed by atoms with van der Waals surface area (Å²) in [5, 5.41) is 13.7. The number of thioether (sulfide) groups is 1. The van der Waals surface area contributed by atoms with Gasteiger partial charge in [0.05, 0.1) is 11.0 Å². The second kappa shape index (κ2) is 8.02. The van der Waals surface area contributed by atoms with E-state index in [-0.39, 0.29) is 23.4 Å². The van der Waals surface area contributed by atoms with Crippen molar-refractivity contribution in [2.45, 2.75) is 19.1 Å². The van der Waals surface area contributed by atoms with Gasteiger partial charge in [-0.2, -0.15) is 0 Å². The van der Waals surface area contributed by atoms with Crippen molar-refractivity contribution in [1.82, 2.24) is 10.2 Å². The van der Waals surface area contributed by atoms with Crippen LogP contribution in [0.1, 0.15) is 11.9 Å². The number of benzene rings is 1. The summed E-state index contributed by atoms with van der Waals surface area (Å²) in [6.07, 6.45) is 0. The number of hydrogen-bond donors (Lipinski definition) is 2. The maximum Gasteiger partial charge on any atom is 0.239 e. The van der Waals surface area contributed by atoms with Gasteiger partial charge in [-0.15, -0.1) is 22.0 Å². The number of halogens is 1. The zero-order valence-corrected chi connectivity index (χ0v) is 14.1. The van der Waals surface area contributed by atoms with Crippen molar-refractivity contribution in [3.05, 3.63) is 35.1 Å². The van der Waals surface area contributed by atoms with E-state index in [1.165, 1.54) is 47.4 Å². The molecule has 9 heteroatoms. The molecule has 2 rings (SSSR count). The highest BCUT2D eigenvalue weighted by Crippen LogP contribution is 2.17. The molecule has 0 saturated heterocycles. The molecule has 0 spiro atoms. The van der Waals surface area contributed by atoms with Crippen LogP contribution in [0.5, 0.6) is 0 Å². The number of carbonyl (C=O) groups is 2. The highest BCUT2D eigenvalue weighted by Gasteiger charge is 2.17. The fourth-order valence-electron chi connectivity index (χ4n) is 1.56. The van der Waals surface area contributed by atoms with E-state index in [9.17, 15) is 14.0 Å². The molecule has 23 heavy (non-hydrogen) atoms. The number of rotatable bonds is 6. The van der Waals surface area contributed by atoms with Gasteiger partial charge in [0.1, 0.15) is 10.8 Å². The van der Waals surface area contributed by atoms with Crippen molar-refractivity contribution in [2.24, 2.45) is 0 Å². The van der Waals surface area contributed by atoms with Crippen molar-refractivity contribution in [3.8, 4) is 0 Å². The summed E-state index contributed by atoms with van der Waals surface area (Å²) in [5.74, 6) is -0.746. The Morgan fingerprint density at radius 2 is 1.96 bits per heavy atom. The number of anilines is 2. The number of amides is 2. The molecule has 6 nitrogen and oxygen atoms in total. The second-order valence-electron chi connectivity index (χ2n) is 4.62. The molecule has 0 saturated carbocycles. The topological polar surface area (TPSA) is 84.0 Å². The highest BCUT2D eigenvalue weighted by molar-refractivity contribution is 8.01. The first-order valence-electron chi connectivity index (χ1n) is 6.72. The molecule has 1 unspecified atom stereocenters. The smallest absolute Gasteiger partial charge is 0.239 e. The Morgan fingerprint density at radius 3 is 2.57 bits per heavy atom. The van der Waals surface area contributed by atoms with Gasteiger partial charge < -0.3 is 5.32 Å². The van der Waals surface area contributed by atoms with Crippen LogP contribution in [0.3, 0.4) is 0 Å². The third kappa shape index (κ3) is 5.61. The molecule has 2 amide bonds. The minimum atomic E-state index is -0.418. The maximum absolute atomic E-state index is 12.8. The highest BCUT2D eigenvalue weighted by atomic mass is 32.2. The lowest BCUT2D eigenvalue weighted by molar-refractivity contribution is -0.115. The van der Waals surface area contributed by atoms with Crippen LogP contribution in [0, 0.1) is 12.7 Å². The van der Waals surface area contributed by atoms with E-state index >= 15 is 0 Å². The normalized spacial score (nSPS) is 11.8. The van der Waals surface area contributed by atoms with Gasteiger partial charge in [0.2, 0.25) is 16.9 Å². The number of aromatic nitrogens is 2. The van der Waals surface area contributed by atoms with Crippen molar-refractivity contribution in [2.75, 3.05) is 16.4 Å². The molecule has 2 aromatic rings. The average molecular weight is 354 g/mol. The molecule has 0 aliphatic carbocycles. The number of hydrogen-bond acceptors (Lipinski definition) is 6. The van der Waals surface area contributed by atoms with Crippen LogP contribution in [0.25, 0.3) is 0 Å². The quantitative estimate of drug-likeness (QED) is 0.833. The summed E-state index contributed by atoms with van der Waals surface area (Å²) in [6, 6.07) is 5.49. The summed E-state index contributed by atoms with van der Waals surface area (Å²) in [7, 11) is 0. The minimum absolute atomic E-state index is 0.112. The van der Waals surface area contributed by atoms with Crippen molar-refractivity contribution in [3.63, 3.8) is 0 Å². The summed E-state index contributed by atoms with van der Waals surface area (Å²) in [4.78, 5) is 23.8. The summed E-state index contributed by atoms with van der Waals surface area (Å²) >= 11 is 2.49. The van der Waals surface area contributed by atoms with Crippen LogP contribution < -0.4 is 10.6 Å². The van der Waals surface area contributed by atoms with Gasteiger partial charge >= 0.3 is 0 Å². The lowest BCUT2D eigenvalue weighted by atomic mass is 10.3. The van der Waals surface area contributed by atoms with E-state index in [1.807, 2.05) is 0 Å². The molecule has 0 bridgehead atoms. The first kappa shape index (κ1) is 17.4. The van der Waals surface area contributed by atoms with Gasteiger partial charge in [0.25, 0.3) is 0 Å². The van der Waals surface area contributed by atoms with Crippen LogP contribution in [0.4, 0.5) is 15.2 Å². The van der Waals surface area contributed by atoms with Crippen LogP contribution >= 0.6 is 23.1 Å². The SMILES string of the molecule is Cc1nnc(NC(=O)C(C)SCC(=O)Nc2ccc(F)cc2)s1. The Kier molecular flexibility index (Phi) is 6.05. The minimum Gasteiger partial charge on any atom is -0.325 e. The van der Waals surface area contributed by atoms with E-state index in [2.05, 4.69) is 20.8 Å². The number of nitrogens with one attached hydrogen (secondary N) is 2. The third-order valence-corrected chi connectivity index (χ3v) is 4.61. The lowest BCUT2D eigenvalue weighted by Gasteiger charge is -2.10. The molecule has 1 atom stereocenters. The standard InChI is InChI=1S/C14H15FN4O2S2/c1-8(13(21)17-14-19-18-9(2)23-14)22-7-12(20)16-11-5-3-10(15)4-6-11/h3-6,8H,7H2,1-2H3,(H,16,20)(H,17,19,21). The van der Waals surface area contributed by atoms with Crippen LogP contribution in [0.15, 0.2) is 24.3 Å². The summed E-state index contributed by atoms with van der Waals surface area (Å²) < 4.78 is 12.8. The molecule has 122 valence electrons. The Bertz CT molecular complexity index is 690. The van der Waals surface area contributed by atoms with Crippen LogP contribution in [-0.4, -0.2) is 33.0 Å². The van der Waals surface area contributed by atoms with E-state index in [1.54, 1.807) is 13.8 Å². The molecule has 0 aliphatic heterocycles. The molecule has 0 fully saturated rings. The Labute approximate surface area is 140 Å². The molecule has 1 heterocycles. The molecular weight excluding hydrogens is 339 g/mol. The molecule has 2 N–H and O–H groups in total. The van der Waals surface area contributed by atoms with Crippen molar-refractivity contribution >= 4 is 45.7 Å². The molecular formula is C14H15FN4O2S2. The van der Waals surface area contributed by atoms with E-state index < -0.39 is 5.25 Å². The zero-order chi connectivity index (χ0) is 16.8. The first-order chi connectivity index (χ1) is 10.9. The monoisotopic (exact) mass is 354 g/mol. The Hall–Kier alpha value is -2.00. The Morgan fingerprint density at radius 1 is 1.26 bits per heavy atom. The fraction of sp³-hybridized carbons (Fsp3) is 0.286. The van der Waals surface area contributed by atoms with Gasteiger partial charge in [-0.1, -0.05) is 11.3 Å². The molecule has 0 radical (unpaired) electrons. The van der Waals surface area contributed by atoms with Crippen LogP contribution in [-0.2, 0) is 9.59 Å². The lowest BCUT2D eigenvalue weighted by Crippen LogP contribution is -2.25. The van der Waals surface area contributed by atoms with Gasteiger partial charge in [-0.3, -0.25) is 14.9 Å². The number of aryl methyl sites for hydroxylation is 1. The fourth-order valence-corrected chi connectivity index (χ4v) is 2.84. The second-order valence-corrected chi connectivity index (χ2v) is 7.13. The van der Waals surface area contributed by atoms with E-state index in [4.69, 9.17) is 0 Å². The van der Waals surface area contributed by atoms with E-state index in [0.29, 0.717) is 10.8 Å². The zero-order valence-electron chi connectivity index (χ0n) is 12.5. The van der Waals surface area contributed by atoms with Gasteiger partial charge in [-0.25, -0.2) is 4.39 Å². The summed E-state index contributed by atoms with van der Waals surface area (Å²) in [5.41, 5.74) is 0.512. The van der Waals surface area contributed by atoms with Gasteiger partial charge in [-0.05, 0) is 38.1 Å². The summed E-state index contributed by atoms with van der Waals surface area (Å²) in [6.45, 7) is 3.50. The molecule has 0 aliphatic rings.